The van der Waals surface area contributed by atoms with E-state index >= 15 is 0 Å². The smallest absolute Gasteiger partial charge is 0.293 e. The molecule has 32 heavy (non-hydrogen) atoms. The maximum Gasteiger partial charge on any atom is 0.293 e. The van der Waals surface area contributed by atoms with Crippen molar-refractivity contribution in [3.8, 4) is 11.8 Å². The third-order valence-electron chi connectivity index (χ3n) is 4.84. The molecule has 0 bridgehead atoms. The standard InChI is InChI=1S/C25H17ClN2O3S/c26-21-9-5-18(6-10-21)15-28-24(29)23(32-25(28)30)13-17-7-11-22(12-8-17)31-16-20-4-2-1-3-19(20)14-27/h1-13H,15-16H2/b23-13-. The number of nitriles is 1. The molecule has 158 valence electrons. The van der Waals surface area contributed by atoms with E-state index in [2.05, 4.69) is 6.07 Å². The fourth-order valence-corrected chi connectivity index (χ4v) is 4.10. The summed E-state index contributed by atoms with van der Waals surface area (Å²) < 4.78 is 5.77. The van der Waals surface area contributed by atoms with Crippen molar-refractivity contribution in [1.82, 2.24) is 4.90 Å². The van der Waals surface area contributed by atoms with Crippen LogP contribution >= 0.6 is 23.4 Å². The van der Waals surface area contributed by atoms with Gasteiger partial charge >= 0.3 is 0 Å². The minimum absolute atomic E-state index is 0.204. The molecule has 0 N–H and O–H groups in total. The van der Waals surface area contributed by atoms with Crippen LogP contribution in [0.25, 0.3) is 6.08 Å². The molecule has 3 aromatic carbocycles. The number of amides is 2. The van der Waals surface area contributed by atoms with Crippen molar-refractivity contribution in [3.63, 3.8) is 0 Å². The van der Waals surface area contributed by atoms with Gasteiger partial charge in [0.15, 0.2) is 0 Å². The molecule has 7 heteroatoms. The van der Waals surface area contributed by atoms with Crippen LogP contribution in [0.1, 0.15) is 22.3 Å². The average Bonchev–Trinajstić information content (AvgIpc) is 3.07. The number of imide groups is 1. The van der Waals surface area contributed by atoms with Crippen LogP contribution in [0.2, 0.25) is 5.02 Å². The first-order valence-electron chi connectivity index (χ1n) is 9.74. The molecule has 1 aliphatic heterocycles. The highest BCUT2D eigenvalue weighted by molar-refractivity contribution is 8.18. The molecule has 0 aliphatic carbocycles. The molecular formula is C25H17ClN2O3S. The second kappa shape index (κ2) is 9.73. The molecule has 0 radical (unpaired) electrons. The van der Waals surface area contributed by atoms with Crippen molar-refractivity contribution in [3.05, 3.63) is 105 Å². The Morgan fingerprint density at radius 1 is 1.00 bits per heavy atom. The Hall–Kier alpha value is -3.53. The normalized spacial score (nSPS) is 14.6. The van der Waals surface area contributed by atoms with Gasteiger partial charge in [0.1, 0.15) is 12.4 Å². The Morgan fingerprint density at radius 3 is 2.44 bits per heavy atom. The Balaban J connectivity index is 1.41. The fourth-order valence-electron chi connectivity index (χ4n) is 3.14. The van der Waals surface area contributed by atoms with E-state index in [1.165, 1.54) is 4.90 Å². The minimum atomic E-state index is -0.316. The van der Waals surface area contributed by atoms with E-state index in [4.69, 9.17) is 21.6 Å². The minimum Gasteiger partial charge on any atom is -0.489 e. The molecular weight excluding hydrogens is 444 g/mol. The first-order chi connectivity index (χ1) is 15.5. The summed E-state index contributed by atoms with van der Waals surface area (Å²) in [5, 5.41) is 9.47. The van der Waals surface area contributed by atoms with Crippen LogP contribution in [-0.4, -0.2) is 16.0 Å². The summed E-state index contributed by atoms with van der Waals surface area (Å²) in [5.74, 6) is 0.328. The second-order valence-electron chi connectivity index (χ2n) is 7.02. The predicted octanol–water partition coefficient (Wildman–Crippen LogP) is 6.03. The molecule has 1 saturated heterocycles. The summed E-state index contributed by atoms with van der Waals surface area (Å²) in [6.45, 7) is 0.489. The monoisotopic (exact) mass is 460 g/mol. The van der Waals surface area contributed by atoms with Gasteiger partial charge in [-0.3, -0.25) is 14.5 Å². The van der Waals surface area contributed by atoms with Gasteiger partial charge in [-0.25, -0.2) is 0 Å². The van der Waals surface area contributed by atoms with E-state index in [-0.39, 0.29) is 24.3 Å². The van der Waals surface area contributed by atoms with E-state index < -0.39 is 0 Å². The van der Waals surface area contributed by atoms with Crippen LogP contribution < -0.4 is 4.74 Å². The van der Waals surface area contributed by atoms with Gasteiger partial charge in [0.2, 0.25) is 0 Å². The summed E-state index contributed by atoms with van der Waals surface area (Å²) in [6.07, 6.45) is 1.70. The number of rotatable bonds is 6. The average molecular weight is 461 g/mol. The lowest BCUT2D eigenvalue weighted by atomic mass is 10.1. The highest BCUT2D eigenvalue weighted by Gasteiger charge is 2.34. The number of thioether (sulfide) groups is 1. The molecule has 0 spiro atoms. The summed E-state index contributed by atoms with van der Waals surface area (Å²) in [6, 6.07) is 23.7. The quantitative estimate of drug-likeness (QED) is 0.420. The van der Waals surface area contributed by atoms with Gasteiger partial charge in [0, 0.05) is 10.6 Å². The molecule has 2 amide bonds. The highest BCUT2D eigenvalue weighted by Crippen LogP contribution is 2.33. The molecule has 0 aromatic heterocycles. The van der Waals surface area contributed by atoms with Crippen LogP contribution in [0, 0.1) is 11.3 Å². The summed E-state index contributed by atoms with van der Waals surface area (Å²) in [4.78, 5) is 26.7. The molecule has 4 rings (SSSR count). The Bertz CT molecular complexity index is 1230. The number of carbonyl (C=O) groups excluding carboxylic acids is 2. The zero-order valence-corrected chi connectivity index (χ0v) is 18.4. The SMILES string of the molecule is N#Cc1ccccc1COc1ccc(/C=C2\SC(=O)N(Cc3ccc(Cl)cc3)C2=O)cc1. The van der Waals surface area contributed by atoms with Crippen LogP contribution in [0.3, 0.4) is 0 Å². The maximum atomic E-state index is 12.7. The number of carbonyl (C=O) groups is 2. The number of nitrogens with zero attached hydrogens (tertiary/aromatic N) is 2. The van der Waals surface area contributed by atoms with Gasteiger partial charge in [-0.05, 0) is 59.3 Å². The van der Waals surface area contributed by atoms with Crippen LogP contribution in [0.4, 0.5) is 4.79 Å². The molecule has 3 aromatic rings. The number of halogens is 1. The first-order valence-corrected chi connectivity index (χ1v) is 10.9. The van der Waals surface area contributed by atoms with Crippen molar-refractivity contribution in [2.75, 3.05) is 0 Å². The van der Waals surface area contributed by atoms with Crippen molar-refractivity contribution in [1.29, 1.82) is 5.26 Å². The van der Waals surface area contributed by atoms with E-state index in [1.807, 2.05) is 30.3 Å². The fraction of sp³-hybridized carbons (Fsp3) is 0.0800. The van der Waals surface area contributed by atoms with Gasteiger partial charge in [-0.2, -0.15) is 5.26 Å². The Morgan fingerprint density at radius 2 is 1.72 bits per heavy atom. The van der Waals surface area contributed by atoms with Crippen LogP contribution in [0.5, 0.6) is 5.75 Å². The van der Waals surface area contributed by atoms with E-state index in [0.29, 0.717) is 21.2 Å². The van der Waals surface area contributed by atoms with E-state index in [9.17, 15) is 9.59 Å². The topological polar surface area (TPSA) is 70.4 Å². The van der Waals surface area contributed by atoms with Gasteiger partial charge in [-0.1, -0.05) is 54.1 Å². The van der Waals surface area contributed by atoms with Crippen molar-refractivity contribution < 1.29 is 14.3 Å². The zero-order valence-electron chi connectivity index (χ0n) is 16.8. The van der Waals surface area contributed by atoms with Crippen molar-refractivity contribution in [2.24, 2.45) is 0 Å². The largest absolute Gasteiger partial charge is 0.489 e. The third kappa shape index (κ3) is 5.02. The molecule has 1 heterocycles. The molecule has 1 fully saturated rings. The number of hydrogen-bond donors (Lipinski definition) is 0. The highest BCUT2D eigenvalue weighted by atomic mass is 35.5. The second-order valence-corrected chi connectivity index (χ2v) is 8.45. The van der Waals surface area contributed by atoms with Gasteiger partial charge < -0.3 is 4.74 Å². The summed E-state index contributed by atoms with van der Waals surface area (Å²) in [5.41, 5.74) is 3.01. The van der Waals surface area contributed by atoms with Crippen molar-refractivity contribution >= 4 is 40.6 Å². The molecule has 1 aliphatic rings. The first kappa shape index (κ1) is 21.7. The summed E-state index contributed by atoms with van der Waals surface area (Å²) in [7, 11) is 0. The number of ether oxygens (including phenoxy) is 1. The Kier molecular flexibility index (Phi) is 6.60. The molecule has 0 atom stereocenters. The predicted molar refractivity (Wildman–Crippen MR) is 125 cm³/mol. The molecule has 0 saturated carbocycles. The van der Waals surface area contributed by atoms with Crippen LogP contribution in [-0.2, 0) is 17.9 Å². The third-order valence-corrected chi connectivity index (χ3v) is 6.00. The van der Waals surface area contributed by atoms with Crippen LogP contribution in [0.15, 0.2) is 77.7 Å². The maximum absolute atomic E-state index is 12.7. The van der Waals surface area contributed by atoms with E-state index in [1.54, 1.807) is 48.5 Å². The molecule has 5 nitrogen and oxygen atoms in total. The lowest BCUT2D eigenvalue weighted by Gasteiger charge is -2.12. The molecule has 0 unspecified atom stereocenters. The lowest BCUT2D eigenvalue weighted by molar-refractivity contribution is -0.123. The lowest BCUT2D eigenvalue weighted by Crippen LogP contribution is -2.27. The van der Waals surface area contributed by atoms with Gasteiger partial charge in [0.25, 0.3) is 11.1 Å². The zero-order chi connectivity index (χ0) is 22.5. The van der Waals surface area contributed by atoms with E-state index in [0.717, 1.165) is 28.5 Å². The van der Waals surface area contributed by atoms with Gasteiger partial charge in [-0.15, -0.1) is 0 Å². The Labute approximate surface area is 194 Å². The summed E-state index contributed by atoms with van der Waals surface area (Å²) >= 11 is 6.82. The van der Waals surface area contributed by atoms with Crippen molar-refractivity contribution in [2.45, 2.75) is 13.2 Å². The number of benzene rings is 3. The van der Waals surface area contributed by atoms with Gasteiger partial charge in [0.05, 0.1) is 23.1 Å². The number of hydrogen-bond acceptors (Lipinski definition) is 5.